The highest BCUT2D eigenvalue weighted by molar-refractivity contribution is 5.95. The number of nitrogens with one attached hydrogen (secondary N) is 2. The summed E-state index contributed by atoms with van der Waals surface area (Å²) in [5.74, 6) is 0.658. The Morgan fingerprint density at radius 1 is 1.08 bits per heavy atom. The van der Waals surface area contributed by atoms with Gasteiger partial charge in [0.15, 0.2) is 0 Å². The zero-order valence-electron chi connectivity index (χ0n) is 14.2. The lowest BCUT2D eigenvalue weighted by Gasteiger charge is -2.15. The van der Waals surface area contributed by atoms with E-state index in [-0.39, 0.29) is 24.3 Å². The van der Waals surface area contributed by atoms with Crippen molar-refractivity contribution in [3.05, 3.63) is 48.8 Å². The van der Waals surface area contributed by atoms with Gasteiger partial charge in [-0.2, -0.15) is 0 Å². The number of hydrogen-bond acceptors (Lipinski definition) is 5. The standard InChI is InChI=1S/C18H22N4O3/c1-12(2)17(19)18(24)21-11-16(23)22-13-3-5-14(6-4-13)25-15-7-9-20-10-8-15/h3-10,12,17H,11,19H2,1-2H3,(H,21,24)(H,22,23)/t17-/m0/s1. The number of carbonyl (C=O) groups is 2. The Morgan fingerprint density at radius 3 is 2.28 bits per heavy atom. The zero-order chi connectivity index (χ0) is 18.2. The average molecular weight is 342 g/mol. The molecule has 2 aromatic rings. The topological polar surface area (TPSA) is 106 Å². The molecule has 1 heterocycles. The van der Waals surface area contributed by atoms with Crippen LogP contribution in [0.25, 0.3) is 0 Å². The number of aromatic nitrogens is 1. The van der Waals surface area contributed by atoms with Crippen LogP contribution in [0.1, 0.15) is 13.8 Å². The number of rotatable bonds is 7. The first kappa shape index (κ1) is 18.4. The molecule has 2 rings (SSSR count). The SMILES string of the molecule is CC(C)[C@H](N)C(=O)NCC(=O)Nc1ccc(Oc2ccncc2)cc1. The molecule has 0 unspecified atom stereocenters. The van der Waals surface area contributed by atoms with E-state index in [9.17, 15) is 9.59 Å². The van der Waals surface area contributed by atoms with E-state index in [1.807, 2.05) is 13.8 Å². The van der Waals surface area contributed by atoms with Gasteiger partial charge in [-0.25, -0.2) is 0 Å². The first-order valence-corrected chi connectivity index (χ1v) is 7.97. The van der Waals surface area contributed by atoms with E-state index in [1.165, 1.54) is 0 Å². The Hall–Kier alpha value is -2.93. The quantitative estimate of drug-likeness (QED) is 0.713. The summed E-state index contributed by atoms with van der Waals surface area (Å²) in [7, 11) is 0. The number of benzene rings is 1. The van der Waals surface area contributed by atoms with Crippen molar-refractivity contribution in [2.75, 3.05) is 11.9 Å². The number of nitrogens with zero attached hydrogens (tertiary/aromatic N) is 1. The minimum Gasteiger partial charge on any atom is -0.457 e. The normalized spacial score (nSPS) is 11.7. The molecule has 1 aromatic carbocycles. The third kappa shape index (κ3) is 5.89. The fourth-order valence-electron chi connectivity index (χ4n) is 1.94. The maximum absolute atomic E-state index is 11.9. The van der Waals surface area contributed by atoms with Gasteiger partial charge in [0, 0.05) is 18.1 Å². The molecule has 0 aliphatic heterocycles. The molecule has 0 saturated carbocycles. The maximum Gasteiger partial charge on any atom is 0.243 e. The van der Waals surface area contributed by atoms with Gasteiger partial charge in [0.1, 0.15) is 11.5 Å². The van der Waals surface area contributed by atoms with Crippen molar-refractivity contribution in [2.24, 2.45) is 11.7 Å². The Balaban J connectivity index is 1.82. The van der Waals surface area contributed by atoms with Crippen LogP contribution in [0.4, 0.5) is 5.69 Å². The summed E-state index contributed by atoms with van der Waals surface area (Å²) >= 11 is 0. The molecule has 0 aliphatic carbocycles. The monoisotopic (exact) mass is 342 g/mol. The van der Waals surface area contributed by atoms with Gasteiger partial charge >= 0.3 is 0 Å². The van der Waals surface area contributed by atoms with Gasteiger partial charge in [0.25, 0.3) is 0 Å². The molecule has 7 heteroatoms. The predicted molar refractivity (Wildman–Crippen MR) is 95.2 cm³/mol. The molecule has 132 valence electrons. The number of ether oxygens (including phenoxy) is 1. The van der Waals surface area contributed by atoms with Gasteiger partial charge in [-0.3, -0.25) is 14.6 Å². The van der Waals surface area contributed by atoms with E-state index < -0.39 is 6.04 Å². The molecular weight excluding hydrogens is 320 g/mol. The van der Waals surface area contributed by atoms with Crippen LogP contribution >= 0.6 is 0 Å². The molecule has 1 aromatic heterocycles. The van der Waals surface area contributed by atoms with Crippen molar-refractivity contribution in [3.8, 4) is 11.5 Å². The molecular formula is C18H22N4O3. The first-order chi connectivity index (χ1) is 12.0. The minimum absolute atomic E-state index is 0.0102. The fraction of sp³-hybridized carbons (Fsp3) is 0.278. The van der Waals surface area contributed by atoms with Gasteiger partial charge in [0.05, 0.1) is 12.6 Å². The van der Waals surface area contributed by atoms with Crippen LogP contribution in [-0.4, -0.2) is 29.4 Å². The number of pyridine rings is 1. The lowest BCUT2D eigenvalue weighted by Crippen LogP contribution is -2.46. The smallest absolute Gasteiger partial charge is 0.243 e. The predicted octanol–water partition coefficient (Wildman–Crippen LogP) is 1.91. The van der Waals surface area contributed by atoms with Crippen LogP contribution in [0, 0.1) is 5.92 Å². The van der Waals surface area contributed by atoms with Gasteiger partial charge in [-0.1, -0.05) is 13.8 Å². The molecule has 2 amide bonds. The summed E-state index contributed by atoms with van der Waals surface area (Å²) in [6, 6.07) is 9.79. The average Bonchev–Trinajstić information content (AvgIpc) is 2.61. The number of amides is 2. The number of anilines is 1. The van der Waals surface area contributed by atoms with E-state index in [2.05, 4.69) is 15.6 Å². The second kappa shape index (κ2) is 8.79. The number of hydrogen-bond donors (Lipinski definition) is 3. The summed E-state index contributed by atoms with van der Waals surface area (Å²) in [5.41, 5.74) is 6.32. The Bertz CT molecular complexity index is 702. The van der Waals surface area contributed by atoms with E-state index in [0.29, 0.717) is 17.2 Å². The number of nitrogens with two attached hydrogens (primary N) is 1. The minimum atomic E-state index is -0.627. The van der Waals surface area contributed by atoms with Gasteiger partial charge in [0.2, 0.25) is 11.8 Å². The molecule has 0 aliphatic rings. The van der Waals surface area contributed by atoms with Crippen LogP contribution < -0.4 is 21.1 Å². The van der Waals surface area contributed by atoms with Crippen molar-refractivity contribution in [2.45, 2.75) is 19.9 Å². The molecule has 4 N–H and O–H groups in total. The summed E-state index contributed by atoms with van der Waals surface area (Å²) in [6.45, 7) is 3.56. The van der Waals surface area contributed by atoms with Crippen LogP contribution in [0.3, 0.4) is 0 Å². The van der Waals surface area contributed by atoms with E-state index >= 15 is 0 Å². The third-order valence-electron chi connectivity index (χ3n) is 3.47. The van der Waals surface area contributed by atoms with Crippen LogP contribution in [-0.2, 0) is 9.59 Å². The largest absolute Gasteiger partial charge is 0.457 e. The molecule has 25 heavy (non-hydrogen) atoms. The van der Waals surface area contributed by atoms with Crippen molar-refractivity contribution in [3.63, 3.8) is 0 Å². The summed E-state index contributed by atoms with van der Waals surface area (Å²) < 4.78 is 5.64. The summed E-state index contributed by atoms with van der Waals surface area (Å²) in [5, 5.41) is 5.22. The van der Waals surface area contributed by atoms with E-state index in [4.69, 9.17) is 10.5 Å². The Kier molecular flexibility index (Phi) is 6.47. The van der Waals surface area contributed by atoms with Crippen molar-refractivity contribution < 1.29 is 14.3 Å². The molecule has 7 nitrogen and oxygen atoms in total. The second-order valence-electron chi connectivity index (χ2n) is 5.85. The lowest BCUT2D eigenvalue weighted by molar-refractivity contribution is -0.125. The lowest BCUT2D eigenvalue weighted by atomic mass is 10.1. The van der Waals surface area contributed by atoms with E-state index in [0.717, 1.165) is 0 Å². The molecule has 0 radical (unpaired) electrons. The second-order valence-corrected chi connectivity index (χ2v) is 5.85. The highest BCUT2D eigenvalue weighted by atomic mass is 16.5. The summed E-state index contributed by atoms with van der Waals surface area (Å²) in [4.78, 5) is 27.5. The highest BCUT2D eigenvalue weighted by Crippen LogP contribution is 2.22. The molecule has 0 bridgehead atoms. The van der Waals surface area contributed by atoms with Crippen LogP contribution in [0.5, 0.6) is 11.5 Å². The van der Waals surface area contributed by atoms with Gasteiger partial charge in [-0.15, -0.1) is 0 Å². The van der Waals surface area contributed by atoms with Crippen LogP contribution in [0.15, 0.2) is 48.8 Å². The highest BCUT2D eigenvalue weighted by Gasteiger charge is 2.17. The zero-order valence-corrected chi connectivity index (χ0v) is 14.2. The molecule has 1 atom stereocenters. The third-order valence-corrected chi connectivity index (χ3v) is 3.47. The maximum atomic E-state index is 11.9. The molecule has 0 saturated heterocycles. The molecule has 0 fully saturated rings. The Morgan fingerprint density at radius 2 is 1.68 bits per heavy atom. The number of carbonyl (C=O) groups excluding carboxylic acids is 2. The van der Waals surface area contributed by atoms with E-state index in [1.54, 1.807) is 48.8 Å². The van der Waals surface area contributed by atoms with Crippen molar-refractivity contribution in [1.29, 1.82) is 0 Å². The van der Waals surface area contributed by atoms with Gasteiger partial charge < -0.3 is 21.1 Å². The summed E-state index contributed by atoms with van der Waals surface area (Å²) in [6.07, 6.45) is 3.28. The fourth-order valence-corrected chi connectivity index (χ4v) is 1.94. The van der Waals surface area contributed by atoms with Gasteiger partial charge in [-0.05, 0) is 42.3 Å². The first-order valence-electron chi connectivity index (χ1n) is 7.97. The van der Waals surface area contributed by atoms with Crippen molar-refractivity contribution in [1.82, 2.24) is 10.3 Å². The Labute approximate surface area is 146 Å². The molecule has 0 spiro atoms. The van der Waals surface area contributed by atoms with Crippen molar-refractivity contribution >= 4 is 17.5 Å². The van der Waals surface area contributed by atoms with Crippen LogP contribution in [0.2, 0.25) is 0 Å².